The molecule has 2 bridgehead atoms. The molecule has 0 amide bonds. The van der Waals surface area contributed by atoms with Gasteiger partial charge in [0.25, 0.3) is 0 Å². The van der Waals surface area contributed by atoms with Crippen molar-refractivity contribution in [2.45, 2.75) is 53.1 Å². The number of ether oxygens (including phenoxy) is 2. The summed E-state index contributed by atoms with van der Waals surface area (Å²) in [6, 6.07) is 0. The molecule has 2 fully saturated rings. The van der Waals surface area contributed by atoms with Gasteiger partial charge in [0.1, 0.15) is 6.54 Å². The van der Waals surface area contributed by atoms with Crippen molar-refractivity contribution in [1.82, 2.24) is 0 Å². The highest BCUT2D eigenvalue weighted by Crippen LogP contribution is 2.66. The second-order valence-corrected chi connectivity index (χ2v) is 8.59. The van der Waals surface area contributed by atoms with Gasteiger partial charge in [0.2, 0.25) is 0 Å². The summed E-state index contributed by atoms with van der Waals surface area (Å²) in [5, 5.41) is 0. The molecule has 0 spiro atoms. The second kappa shape index (κ2) is 6.12. The number of rotatable bonds is 7. The molecular formula is C18H34NO3+. The molecule has 22 heavy (non-hydrogen) atoms. The largest absolute Gasteiger partial charge is 0.462 e. The predicted octanol–water partition coefficient (Wildman–Crippen LogP) is 2.86. The maximum absolute atomic E-state index is 11.6. The highest BCUT2D eigenvalue weighted by molar-refractivity contribution is 5.70. The molecule has 0 aromatic carbocycles. The van der Waals surface area contributed by atoms with Crippen LogP contribution >= 0.6 is 0 Å². The Labute approximate surface area is 135 Å². The van der Waals surface area contributed by atoms with E-state index in [0.29, 0.717) is 34.6 Å². The van der Waals surface area contributed by atoms with Gasteiger partial charge in [0.05, 0.1) is 33.4 Å². The van der Waals surface area contributed by atoms with E-state index >= 15 is 0 Å². The van der Waals surface area contributed by atoms with Crippen LogP contribution in [0, 0.1) is 16.7 Å². The average Bonchev–Trinajstić information content (AvgIpc) is 2.71. The van der Waals surface area contributed by atoms with Crippen LogP contribution in [0.25, 0.3) is 0 Å². The van der Waals surface area contributed by atoms with E-state index in [1.54, 1.807) is 0 Å². The van der Waals surface area contributed by atoms with Gasteiger partial charge in [-0.25, -0.2) is 4.79 Å². The zero-order valence-electron chi connectivity index (χ0n) is 15.3. The smallest absolute Gasteiger partial charge is 0.361 e. The van der Waals surface area contributed by atoms with Crippen LogP contribution in [0.4, 0.5) is 0 Å². The number of hydrogen-bond donors (Lipinski definition) is 0. The van der Waals surface area contributed by atoms with E-state index < -0.39 is 0 Å². The summed E-state index contributed by atoms with van der Waals surface area (Å²) in [5.74, 6) is 0.685. The molecule has 4 heteroatoms. The highest BCUT2D eigenvalue weighted by atomic mass is 16.5. The van der Waals surface area contributed by atoms with Crippen LogP contribution < -0.4 is 0 Å². The summed E-state index contributed by atoms with van der Waals surface area (Å²) in [6.45, 7) is 11.5. The zero-order valence-corrected chi connectivity index (χ0v) is 15.3. The van der Waals surface area contributed by atoms with Gasteiger partial charge < -0.3 is 14.0 Å². The topological polar surface area (TPSA) is 35.5 Å². The van der Waals surface area contributed by atoms with Crippen molar-refractivity contribution in [3.05, 3.63) is 0 Å². The molecule has 0 unspecified atom stereocenters. The first-order chi connectivity index (χ1) is 10.1. The number of carbonyl (C=O) groups is 1. The van der Waals surface area contributed by atoms with Crippen molar-refractivity contribution in [3.63, 3.8) is 0 Å². The van der Waals surface area contributed by atoms with Gasteiger partial charge in [-0.15, -0.1) is 0 Å². The lowest BCUT2D eigenvalue weighted by Crippen LogP contribution is -2.47. The van der Waals surface area contributed by atoms with Gasteiger partial charge in [0, 0.05) is 0 Å². The minimum Gasteiger partial charge on any atom is -0.462 e. The normalized spacial score (nSPS) is 33.2. The fourth-order valence-electron chi connectivity index (χ4n) is 4.46. The van der Waals surface area contributed by atoms with Gasteiger partial charge in [-0.1, -0.05) is 20.8 Å². The van der Waals surface area contributed by atoms with Crippen LogP contribution in [0.15, 0.2) is 0 Å². The van der Waals surface area contributed by atoms with Gasteiger partial charge in [-0.3, -0.25) is 0 Å². The van der Waals surface area contributed by atoms with Crippen molar-refractivity contribution in [2.75, 3.05) is 40.4 Å². The van der Waals surface area contributed by atoms with E-state index in [9.17, 15) is 4.79 Å². The quantitative estimate of drug-likeness (QED) is 0.536. The second-order valence-electron chi connectivity index (χ2n) is 8.59. The standard InChI is InChI=1S/C18H34NO3/c1-7-21-16(20)13-19(5,6)10-11-22-15-12-14-8-9-18(15,4)17(14,2)3/h14-15H,7-13H2,1-6H3/q+1/t14-,15-,18-/m0/s1. The molecule has 0 radical (unpaired) electrons. The molecular weight excluding hydrogens is 278 g/mol. The first kappa shape index (κ1) is 17.7. The molecule has 0 N–H and O–H groups in total. The molecule has 2 rings (SSSR count). The number of quaternary nitrogens is 1. The van der Waals surface area contributed by atoms with Gasteiger partial charge in [-0.2, -0.15) is 0 Å². The van der Waals surface area contributed by atoms with Crippen molar-refractivity contribution < 1.29 is 18.8 Å². The molecule has 2 aliphatic carbocycles. The van der Waals surface area contributed by atoms with Crippen LogP contribution in [0.3, 0.4) is 0 Å². The molecule has 128 valence electrons. The zero-order chi connectivity index (χ0) is 16.6. The Balaban J connectivity index is 1.81. The summed E-state index contributed by atoms with van der Waals surface area (Å²) in [4.78, 5) is 11.6. The van der Waals surface area contributed by atoms with Crippen LogP contribution in [0.2, 0.25) is 0 Å². The molecule has 2 saturated carbocycles. The Hall–Kier alpha value is -0.610. The van der Waals surface area contributed by atoms with E-state index in [-0.39, 0.29) is 5.97 Å². The number of likely N-dealkylation sites (N-methyl/N-ethyl adjacent to an activating group) is 1. The third-order valence-electron chi connectivity index (χ3n) is 6.59. The monoisotopic (exact) mass is 312 g/mol. The molecule has 0 aromatic rings. The number of hydrogen-bond acceptors (Lipinski definition) is 3. The Bertz CT molecular complexity index is 419. The van der Waals surface area contributed by atoms with Crippen molar-refractivity contribution >= 4 is 5.97 Å². The third kappa shape index (κ3) is 3.18. The highest BCUT2D eigenvalue weighted by Gasteiger charge is 2.61. The minimum atomic E-state index is -0.125. The first-order valence-electron chi connectivity index (χ1n) is 8.71. The van der Waals surface area contributed by atoms with E-state index in [0.717, 1.165) is 19.1 Å². The van der Waals surface area contributed by atoms with Gasteiger partial charge in [-0.05, 0) is 42.9 Å². The lowest BCUT2D eigenvalue weighted by atomic mass is 9.70. The van der Waals surface area contributed by atoms with Gasteiger partial charge in [0.15, 0.2) is 6.54 Å². The maximum atomic E-state index is 11.6. The molecule has 2 aliphatic rings. The van der Waals surface area contributed by atoms with Gasteiger partial charge >= 0.3 is 5.97 Å². The van der Waals surface area contributed by atoms with Crippen LogP contribution in [0.5, 0.6) is 0 Å². The number of fused-ring (bicyclic) bond motifs is 2. The number of nitrogens with zero attached hydrogens (tertiary/aromatic N) is 1. The van der Waals surface area contributed by atoms with Crippen LogP contribution in [-0.2, 0) is 14.3 Å². The van der Waals surface area contributed by atoms with Crippen molar-refractivity contribution in [1.29, 1.82) is 0 Å². The molecule has 0 aromatic heterocycles. The van der Waals surface area contributed by atoms with Crippen molar-refractivity contribution in [2.24, 2.45) is 16.7 Å². The summed E-state index contributed by atoms with van der Waals surface area (Å²) in [5.41, 5.74) is 0.711. The maximum Gasteiger partial charge on any atom is 0.361 e. The lowest BCUT2D eigenvalue weighted by molar-refractivity contribution is -0.883. The Morgan fingerprint density at radius 3 is 2.45 bits per heavy atom. The van der Waals surface area contributed by atoms with Crippen molar-refractivity contribution in [3.8, 4) is 0 Å². The Morgan fingerprint density at radius 1 is 1.27 bits per heavy atom. The average molecular weight is 312 g/mol. The summed E-state index contributed by atoms with van der Waals surface area (Å²) in [6.07, 6.45) is 4.22. The Morgan fingerprint density at radius 2 is 1.95 bits per heavy atom. The molecule has 4 nitrogen and oxygen atoms in total. The summed E-state index contributed by atoms with van der Waals surface area (Å²) >= 11 is 0. The minimum absolute atomic E-state index is 0.125. The summed E-state index contributed by atoms with van der Waals surface area (Å²) in [7, 11) is 4.12. The summed E-state index contributed by atoms with van der Waals surface area (Å²) < 4.78 is 12.0. The number of esters is 1. The molecule has 0 saturated heterocycles. The lowest BCUT2D eigenvalue weighted by Gasteiger charge is -2.39. The Kier molecular flexibility index (Phi) is 4.94. The van der Waals surface area contributed by atoms with E-state index in [1.165, 1.54) is 19.3 Å². The van der Waals surface area contributed by atoms with E-state index in [1.807, 2.05) is 6.92 Å². The van der Waals surface area contributed by atoms with Crippen LogP contribution in [0.1, 0.15) is 47.0 Å². The fraction of sp³-hybridized carbons (Fsp3) is 0.944. The first-order valence-corrected chi connectivity index (χ1v) is 8.71. The molecule has 0 aliphatic heterocycles. The predicted molar refractivity (Wildman–Crippen MR) is 87.4 cm³/mol. The SMILES string of the molecule is CCOC(=O)C[N+](C)(C)CCO[C@H]1C[C@@H]2CC[C@]1(C)C2(C)C. The molecule has 3 atom stereocenters. The van der Waals surface area contributed by atoms with E-state index in [2.05, 4.69) is 34.9 Å². The third-order valence-corrected chi connectivity index (χ3v) is 6.59. The fourth-order valence-corrected chi connectivity index (χ4v) is 4.46. The van der Waals surface area contributed by atoms with Crippen LogP contribution in [-0.4, -0.2) is 57.0 Å². The van der Waals surface area contributed by atoms with E-state index in [4.69, 9.17) is 9.47 Å². The number of carbonyl (C=O) groups excluding carboxylic acids is 1. The molecule has 0 heterocycles.